The highest BCUT2D eigenvalue weighted by Gasteiger charge is 2.11. The van der Waals surface area contributed by atoms with E-state index in [4.69, 9.17) is 10.2 Å². The van der Waals surface area contributed by atoms with E-state index in [-0.39, 0.29) is 6.61 Å². The summed E-state index contributed by atoms with van der Waals surface area (Å²) in [5.41, 5.74) is 0. The SMILES string of the molecule is O=C(O)NC(CO)COCC(F)F. The number of nitrogens with one attached hydrogen (secondary N) is 1. The van der Waals surface area contributed by atoms with E-state index in [9.17, 15) is 13.6 Å². The molecule has 1 atom stereocenters. The van der Waals surface area contributed by atoms with E-state index in [2.05, 4.69) is 4.74 Å². The second-order valence-electron chi connectivity index (χ2n) is 2.26. The molecule has 0 aliphatic carbocycles. The first kappa shape index (κ1) is 12.0. The number of rotatable bonds is 6. The van der Waals surface area contributed by atoms with E-state index in [1.54, 1.807) is 0 Å². The van der Waals surface area contributed by atoms with Crippen molar-refractivity contribution in [3.8, 4) is 0 Å². The average Bonchev–Trinajstić information content (AvgIpc) is 2.01. The van der Waals surface area contributed by atoms with E-state index in [0.29, 0.717) is 0 Å². The molecule has 0 aromatic heterocycles. The van der Waals surface area contributed by atoms with Gasteiger partial charge in [0.1, 0.15) is 6.61 Å². The van der Waals surface area contributed by atoms with Gasteiger partial charge in [-0.2, -0.15) is 0 Å². The van der Waals surface area contributed by atoms with Crippen molar-refractivity contribution < 1.29 is 28.5 Å². The third-order valence-corrected chi connectivity index (χ3v) is 1.11. The number of aliphatic hydroxyl groups is 1. The molecule has 0 bridgehead atoms. The van der Waals surface area contributed by atoms with Gasteiger partial charge in [-0.15, -0.1) is 0 Å². The van der Waals surface area contributed by atoms with Crippen LogP contribution >= 0.6 is 0 Å². The van der Waals surface area contributed by atoms with Crippen LogP contribution in [0.25, 0.3) is 0 Å². The van der Waals surface area contributed by atoms with E-state index in [1.165, 1.54) is 0 Å². The monoisotopic (exact) mass is 199 g/mol. The largest absolute Gasteiger partial charge is 0.465 e. The Bertz CT molecular complexity index is 156. The third kappa shape index (κ3) is 7.41. The molecule has 0 heterocycles. The molecule has 5 nitrogen and oxygen atoms in total. The molecule has 1 unspecified atom stereocenters. The maximum atomic E-state index is 11.5. The lowest BCUT2D eigenvalue weighted by atomic mass is 10.3. The van der Waals surface area contributed by atoms with Gasteiger partial charge >= 0.3 is 6.09 Å². The Morgan fingerprint density at radius 2 is 2.08 bits per heavy atom. The third-order valence-electron chi connectivity index (χ3n) is 1.11. The van der Waals surface area contributed by atoms with Crippen molar-refractivity contribution in [3.05, 3.63) is 0 Å². The summed E-state index contributed by atoms with van der Waals surface area (Å²) in [6.07, 6.45) is -3.93. The van der Waals surface area contributed by atoms with Crippen LogP contribution in [0.1, 0.15) is 0 Å². The highest BCUT2D eigenvalue weighted by molar-refractivity contribution is 5.64. The van der Waals surface area contributed by atoms with E-state index < -0.39 is 31.8 Å². The standard InChI is InChI=1S/C6H11F2NO4/c7-5(8)3-13-2-4(1-10)9-6(11)12/h4-5,9-10H,1-3H2,(H,11,12). The van der Waals surface area contributed by atoms with E-state index in [0.717, 1.165) is 0 Å². The predicted molar refractivity (Wildman–Crippen MR) is 38.9 cm³/mol. The van der Waals surface area contributed by atoms with Gasteiger partial charge in [-0.1, -0.05) is 0 Å². The van der Waals surface area contributed by atoms with Gasteiger partial charge in [-0.3, -0.25) is 0 Å². The fraction of sp³-hybridized carbons (Fsp3) is 0.833. The second-order valence-corrected chi connectivity index (χ2v) is 2.26. The number of hydrogen-bond donors (Lipinski definition) is 3. The highest BCUT2D eigenvalue weighted by atomic mass is 19.3. The van der Waals surface area contributed by atoms with Gasteiger partial charge in [-0.25, -0.2) is 13.6 Å². The first-order valence-corrected chi connectivity index (χ1v) is 3.52. The summed E-state index contributed by atoms with van der Waals surface area (Å²) in [6.45, 7) is -1.53. The van der Waals surface area contributed by atoms with Gasteiger partial charge in [0.05, 0.1) is 19.3 Å². The molecule has 0 rings (SSSR count). The van der Waals surface area contributed by atoms with Crippen molar-refractivity contribution in [2.75, 3.05) is 19.8 Å². The topological polar surface area (TPSA) is 78.8 Å². The Morgan fingerprint density at radius 3 is 2.46 bits per heavy atom. The number of carbonyl (C=O) groups is 1. The zero-order valence-electron chi connectivity index (χ0n) is 6.74. The van der Waals surface area contributed by atoms with Gasteiger partial charge in [0.2, 0.25) is 0 Å². The van der Waals surface area contributed by atoms with Crippen LogP contribution in [0.5, 0.6) is 0 Å². The molecule has 0 radical (unpaired) electrons. The van der Waals surface area contributed by atoms with Crippen LogP contribution in [0.15, 0.2) is 0 Å². The predicted octanol–water partition coefficient (Wildman–Crippen LogP) is -0.103. The summed E-state index contributed by atoms with van der Waals surface area (Å²) in [5, 5.41) is 18.6. The van der Waals surface area contributed by atoms with Gasteiger partial charge in [-0.05, 0) is 0 Å². The van der Waals surface area contributed by atoms with Gasteiger partial charge in [0.25, 0.3) is 6.43 Å². The van der Waals surface area contributed by atoms with E-state index in [1.807, 2.05) is 5.32 Å². The minimum Gasteiger partial charge on any atom is -0.465 e. The summed E-state index contributed by atoms with van der Waals surface area (Å²) in [6, 6.07) is -0.865. The van der Waals surface area contributed by atoms with Crippen LogP contribution in [0, 0.1) is 0 Å². The van der Waals surface area contributed by atoms with Gasteiger partial charge < -0.3 is 20.3 Å². The fourth-order valence-electron chi connectivity index (χ4n) is 0.614. The maximum absolute atomic E-state index is 11.5. The minimum atomic E-state index is -2.59. The highest BCUT2D eigenvalue weighted by Crippen LogP contribution is 1.93. The average molecular weight is 199 g/mol. The lowest BCUT2D eigenvalue weighted by Gasteiger charge is -2.13. The summed E-state index contributed by atoms with van der Waals surface area (Å²) in [7, 11) is 0. The molecule has 0 aliphatic rings. The van der Waals surface area contributed by atoms with Crippen LogP contribution in [0.4, 0.5) is 13.6 Å². The Morgan fingerprint density at radius 1 is 1.46 bits per heavy atom. The van der Waals surface area contributed by atoms with Gasteiger partial charge in [0.15, 0.2) is 0 Å². The Balaban J connectivity index is 3.53. The second kappa shape index (κ2) is 6.55. The minimum absolute atomic E-state index is 0.271. The smallest absolute Gasteiger partial charge is 0.405 e. The van der Waals surface area contributed by atoms with Crippen LogP contribution in [0.3, 0.4) is 0 Å². The van der Waals surface area contributed by atoms with Crippen molar-refractivity contribution >= 4 is 6.09 Å². The summed E-state index contributed by atoms with van der Waals surface area (Å²) < 4.78 is 27.5. The molecule has 0 fully saturated rings. The number of alkyl halides is 2. The number of carboxylic acid groups (broad SMARTS) is 1. The number of amides is 1. The quantitative estimate of drug-likeness (QED) is 0.558. The van der Waals surface area contributed by atoms with Crippen LogP contribution < -0.4 is 5.32 Å². The summed E-state index contributed by atoms with van der Waals surface area (Å²) in [4.78, 5) is 10.0. The van der Waals surface area contributed by atoms with Crippen LogP contribution in [-0.2, 0) is 4.74 Å². The molecule has 1 amide bonds. The molecule has 13 heavy (non-hydrogen) atoms. The molecular weight excluding hydrogens is 188 g/mol. The molecule has 7 heteroatoms. The number of hydrogen-bond acceptors (Lipinski definition) is 3. The molecule has 3 N–H and O–H groups in total. The molecule has 0 spiro atoms. The lowest BCUT2D eigenvalue weighted by molar-refractivity contribution is 0.00413. The van der Waals surface area contributed by atoms with Crippen molar-refractivity contribution in [3.63, 3.8) is 0 Å². The van der Waals surface area contributed by atoms with Crippen molar-refractivity contribution in [2.45, 2.75) is 12.5 Å². The maximum Gasteiger partial charge on any atom is 0.405 e. The van der Waals surface area contributed by atoms with Gasteiger partial charge in [0, 0.05) is 0 Å². The molecule has 78 valence electrons. The molecule has 0 saturated carbocycles. The summed E-state index contributed by atoms with van der Waals surface area (Å²) >= 11 is 0. The van der Waals surface area contributed by atoms with Crippen molar-refractivity contribution in [2.24, 2.45) is 0 Å². The van der Waals surface area contributed by atoms with Crippen molar-refractivity contribution in [1.82, 2.24) is 5.32 Å². The number of ether oxygens (including phenoxy) is 1. The molecular formula is C6H11F2NO4. The van der Waals surface area contributed by atoms with E-state index >= 15 is 0 Å². The fourth-order valence-corrected chi connectivity index (χ4v) is 0.614. The van der Waals surface area contributed by atoms with Crippen molar-refractivity contribution in [1.29, 1.82) is 0 Å². The molecule has 0 aromatic carbocycles. The van der Waals surface area contributed by atoms with Crippen LogP contribution in [-0.4, -0.2) is 48.6 Å². The first-order valence-electron chi connectivity index (χ1n) is 3.52. The van der Waals surface area contributed by atoms with Crippen LogP contribution in [0.2, 0.25) is 0 Å². The number of aliphatic hydroxyl groups excluding tert-OH is 1. The summed E-state index contributed by atoms with van der Waals surface area (Å²) in [5.74, 6) is 0. The first-order chi connectivity index (χ1) is 6.06. The zero-order chi connectivity index (χ0) is 10.3. The molecule has 0 aromatic rings. The lowest BCUT2D eigenvalue weighted by Crippen LogP contribution is -2.40. The molecule has 0 saturated heterocycles. The number of halogens is 2. The molecule has 0 aliphatic heterocycles. The normalized spacial score (nSPS) is 12.9. The zero-order valence-corrected chi connectivity index (χ0v) is 6.74. The Labute approximate surface area is 73.3 Å². The Hall–Kier alpha value is -0.950. The Kier molecular flexibility index (Phi) is 6.07.